The van der Waals surface area contributed by atoms with Crippen molar-refractivity contribution in [2.45, 2.75) is 12.5 Å². The maximum absolute atomic E-state index is 13.3. The van der Waals surface area contributed by atoms with Crippen LogP contribution in [0.4, 0.5) is 17.6 Å². The summed E-state index contributed by atoms with van der Waals surface area (Å²) in [7, 11) is 0. The number of benzene rings is 1. The van der Waals surface area contributed by atoms with Crippen molar-refractivity contribution in [2.24, 2.45) is 0 Å². The van der Waals surface area contributed by atoms with Crippen LogP contribution in [-0.4, -0.2) is 10.2 Å². The molecule has 0 radical (unpaired) electrons. The second-order valence-electron chi connectivity index (χ2n) is 3.45. The van der Waals surface area contributed by atoms with Crippen LogP contribution in [0.15, 0.2) is 12.1 Å². The summed E-state index contributed by atoms with van der Waals surface area (Å²) in [6, 6.07) is 1.72. The highest BCUT2D eigenvalue weighted by molar-refractivity contribution is 7.20. The fourth-order valence-electron chi connectivity index (χ4n) is 1.56. The maximum atomic E-state index is 13.3. The minimum absolute atomic E-state index is 0.0570. The molecule has 0 fully saturated rings. The third-order valence-electron chi connectivity index (χ3n) is 2.29. The number of rotatable bonds is 1. The Labute approximate surface area is 107 Å². The van der Waals surface area contributed by atoms with Gasteiger partial charge in [-0.2, -0.15) is 13.2 Å². The van der Waals surface area contributed by atoms with Crippen molar-refractivity contribution in [3.63, 3.8) is 0 Å². The van der Waals surface area contributed by atoms with Crippen molar-refractivity contribution < 1.29 is 27.8 Å². The molecular weight excluding hydrogens is 296 g/mol. The lowest BCUT2D eigenvalue weighted by atomic mass is 10.1. The van der Waals surface area contributed by atoms with Crippen molar-refractivity contribution >= 4 is 33.0 Å². The zero-order chi connectivity index (χ0) is 13.7. The molecule has 1 aromatic heterocycles. The number of thiophene rings is 1. The average molecular weight is 301 g/mol. The molecule has 1 heterocycles. The van der Waals surface area contributed by atoms with Gasteiger partial charge >= 0.3 is 6.18 Å². The number of hydrogen-bond acceptors (Lipinski definition) is 3. The molecule has 0 aliphatic carbocycles. The molecule has 0 amide bonds. The average Bonchev–Trinajstić information content (AvgIpc) is 2.53. The van der Waals surface area contributed by atoms with Gasteiger partial charge in [0.1, 0.15) is 11.4 Å². The number of aliphatic hydroxyl groups excluding tert-OH is 1. The van der Waals surface area contributed by atoms with E-state index in [2.05, 4.69) is 0 Å². The molecule has 1 aromatic carbocycles. The second-order valence-corrected chi connectivity index (χ2v) is 4.88. The smallest absolute Gasteiger partial charge is 0.364 e. The summed E-state index contributed by atoms with van der Waals surface area (Å²) in [4.78, 5) is -0.247. The van der Waals surface area contributed by atoms with Crippen molar-refractivity contribution in [2.75, 3.05) is 0 Å². The van der Waals surface area contributed by atoms with Gasteiger partial charge in [-0.3, -0.25) is 0 Å². The van der Waals surface area contributed by atoms with Gasteiger partial charge in [0.05, 0.1) is 14.6 Å². The molecule has 0 bridgehead atoms. The normalized spacial score (nSPS) is 12.7. The van der Waals surface area contributed by atoms with Gasteiger partial charge in [-0.1, -0.05) is 11.6 Å². The van der Waals surface area contributed by atoms with Crippen molar-refractivity contribution in [3.8, 4) is 0 Å². The minimum atomic E-state index is -4.88. The highest BCUT2D eigenvalue weighted by atomic mass is 35.5. The highest BCUT2D eigenvalue weighted by Crippen LogP contribution is 2.45. The number of alkyl halides is 3. The topological polar surface area (TPSA) is 40.5 Å². The lowest BCUT2D eigenvalue weighted by Crippen LogP contribution is -2.08. The molecule has 2 aromatic rings. The predicted octanol–water partition coefficient (Wildman–Crippen LogP) is 3.70. The van der Waals surface area contributed by atoms with Crippen LogP contribution in [0.1, 0.15) is 16.7 Å². The SMILES string of the molecule is OC(O)c1sc2c(C(F)(F)F)c(F)ccc2c1Cl. The van der Waals surface area contributed by atoms with E-state index < -0.39 is 28.5 Å². The third kappa shape index (κ3) is 2.07. The molecular formula is C10H5ClF4O2S. The molecule has 0 saturated heterocycles. The van der Waals surface area contributed by atoms with Crippen molar-refractivity contribution in [1.29, 1.82) is 0 Å². The van der Waals surface area contributed by atoms with Crippen LogP contribution in [-0.2, 0) is 6.18 Å². The largest absolute Gasteiger partial charge is 0.420 e. The molecule has 2 nitrogen and oxygen atoms in total. The summed E-state index contributed by atoms with van der Waals surface area (Å²) in [6.07, 6.45) is -6.88. The van der Waals surface area contributed by atoms with E-state index in [4.69, 9.17) is 21.8 Å². The van der Waals surface area contributed by atoms with Crippen LogP contribution in [0.25, 0.3) is 10.1 Å². The fourth-order valence-corrected chi connectivity index (χ4v) is 3.10. The maximum Gasteiger partial charge on any atom is 0.420 e. The molecule has 2 rings (SSSR count). The van der Waals surface area contributed by atoms with Crippen LogP contribution in [0, 0.1) is 5.82 Å². The third-order valence-corrected chi connectivity index (χ3v) is 4.07. The van der Waals surface area contributed by atoms with Gasteiger partial charge in [-0.25, -0.2) is 4.39 Å². The van der Waals surface area contributed by atoms with E-state index in [-0.39, 0.29) is 15.3 Å². The van der Waals surface area contributed by atoms with E-state index in [0.717, 1.165) is 6.07 Å². The number of aliphatic hydroxyl groups is 2. The van der Waals surface area contributed by atoms with Crippen molar-refractivity contribution in [1.82, 2.24) is 0 Å². The molecule has 18 heavy (non-hydrogen) atoms. The minimum Gasteiger partial charge on any atom is -0.364 e. The van der Waals surface area contributed by atoms with Crippen LogP contribution < -0.4 is 0 Å². The van der Waals surface area contributed by atoms with E-state index in [1.165, 1.54) is 0 Å². The predicted molar refractivity (Wildman–Crippen MR) is 59.0 cm³/mol. The molecule has 0 saturated carbocycles. The summed E-state index contributed by atoms with van der Waals surface area (Å²) in [5, 5.41) is 17.7. The second kappa shape index (κ2) is 4.34. The van der Waals surface area contributed by atoms with Gasteiger partial charge in [0, 0.05) is 5.39 Å². The van der Waals surface area contributed by atoms with Crippen LogP contribution >= 0.6 is 22.9 Å². The summed E-state index contributed by atoms with van der Waals surface area (Å²) in [6.45, 7) is 0. The van der Waals surface area contributed by atoms with Gasteiger partial charge in [0.2, 0.25) is 0 Å². The first kappa shape index (κ1) is 13.5. The lowest BCUT2D eigenvalue weighted by molar-refractivity contribution is -0.138. The molecule has 0 aliphatic heterocycles. The quantitative estimate of drug-likeness (QED) is 0.623. The first-order valence-electron chi connectivity index (χ1n) is 4.57. The molecule has 0 atom stereocenters. The lowest BCUT2D eigenvalue weighted by Gasteiger charge is -2.08. The summed E-state index contributed by atoms with van der Waals surface area (Å²) in [5.41, 5.74) is -1.45. The van der Waals surface area contributed by atoms with Gasteiger partial charge in [-0.15, -0.1) is 11.3 Å². The zero-order valence-corrected chi connectivity index (χ0v) is 10.00. The first-order valence-corrected chi connectivity index (χ1v) is 5.76. The molecule has 98 valence electrons. The Morgan fingerprint density at radius 2 is 1.83 bits per heavy atom. The highest BCUT2D eigenvalue weighted by Gasteiger charge is 2.37. The van der Waals surface area contributed by atoms with Crippen LogP contribution in [0.2, 0.25) is 5.02 Å². The summed E-state index contributed by atoms with van der Waals surface area (Å²) >= 11 is 6.13. The Bertz CT molecular complexity index is 606. The molecule has 2 N–H and O–H groups in total. The fraction of sp³-hybridized carbons (Fsp3) is 0.200. The number of hydrogen-bond donors (Lipinski definition) is 2. The molecule has 0 aliphatic rings. The van der Waals surface area contributed by atoms with Crippen molar-refractivity contribution in [3.05, 3.63) is 33.4 Å². The van der Waals surface area contributed by atoms with E-state index in [1.807, 2.05) is 0 Å². The molecule has 8 heteroatoms. The summed E-state index contributed by atoms with van der Waals surface area (Å²) < 4.78 is 51.0. The Balaban J connectivity index is 2.86. The molecule has 0 unspecified atom stereocenters. The van der Waals surface area contributed by atoms with Gasteiger partial charge in [0.25, 0.3) is 0 Å². The Hall–Kier alpha value is -0.890. The zero-order valence-electron chi connectivity index (χ0n) is 8.42. The monoisotopic (exact) mass is 300 g/mol. The Morgan fingerprint density at radius 1 is 1.22 bits per heavy atom. The number of fused-ring (bicyclic) bond motifs is 1. The van der Waals surface area contributed by atoms with Crippen LogP contribution in [0.5, 0.6) is 0 Å². The van der Waals surface area contributed by atoms with Crippen LogP contribution in [0.3, 0.4) is 0 Å². The Morgan fingerprint density at radius 3 is 2.33 bits per heavy atom. The van der Waals surface area contributed by atoms with Gasteiger partial charge in [-0.05, 0) is 12.1 Å². The molecule has 0 spiro atoms. The first-order chi connectivity index (χ1) is 8.23. The van der Waals surface area contributed by atoms with E-state index in [1.54, 1.807) is 0 Å². The van der Waals surface area contributed by atoms with E-state index >= 15 is 0 Å². The standard InChI is InChI=1S/C10H5ClF4O2S/c11-6-3-1-2-4(12)5(10(13,14)15)7(3)18-8(6)9(16)17/h1-2,9,16-17H. The number of halogens is 5. The van der Waals surface area contributed by atoms with E-state index in [0.29, 0.717) is 17.4 Å². The van der Waals surface area contributed by atoms with Gasteiger partial charge < -0.3 is 10.2 Å². The Kier molecular flexibility index (Phi) is 3.26. The van der Waals surface area contributed by atoms with Gasteiger partial charge in [0.15, 0.2) is 6.29 Å². The van der Waals surface area contributed by atoms with E-state index in [9.17, 15) is 17.6 Å². The summed E-state index contributed by atoms with van der Waals surface area (Å²) in [5.74, 6) is -1.42.